The second kappa shape index (κ2) is 10.5. The highest BCUT2D eigenvalue weighted by atomic mass is 14.2. The van der Waals surface area contributed by atoms with Gasteiger partial charge >= 0.3 is 0 Å². The third-order valence-electron chi connectivity index (χ3n) is 5.03. The van der Waals surface area contributed by atoms with Gasteiger partial charge < -0.3 is 0 Å². The van der Waals surface area contributed by atoms with Crippen LogP contribution in [0.1, 0.15) is 79.1 Å². The molecule has 122 valence electrons. The van der Waals surface area contributed by atoms with Crippen LogP contribution >= 0.6 is 0 Å². The van der Waals surface area contributed by atoms with Crippen LogP contribution < -0.4 is 0 Å². The van der Waals surface area contributed by atoms with Crippen LogP contribution in [0.4, 0.5) is 0 Å². The van der Waals surface area contributed by atoms with E-state index in [1.54, 1.807) is 0 Å². The summed E-state index contributed by atoms with van der Waals surface area (Å²) >= 11 is 0. The molecule has 0 aromatic rings. The van der Waals surface area contributed by atoms with Crippen molar-refractivity contribution in [3.8, 4) is 12.3 Å². The molecule has 0 amide bonds. The summed E-state index contributed by atoms with van der Waals surface area (Å²) in [4.78, 5) is 0. The Balaban J connectivity index is 2.58. The lowest BCUT2D eigenvalue weighted by atomic mass is 9.80. The summed E-state index contributed by atoms with van der Waals surface area (Å²) in [5, 5.41) is 0. The molecule has 22 heavy (non-hydrogen) atoms. The van der Waals surface area contributed by atoms with Gasteiger partial charge in [-0.25, -0.2) is 0 Å². The van der Waals surface area contributed by atoms with Crippen LogP contribution in [-0.4, -0.2) is 0 Å². The topological polar surface area (TPSA) is 0 Å². The Morgan fingerprint density at radius 3 is 2.41 bits per heavy atom. The molecule has 0 aromatic carbocycles. The van der Waals surface area contributed by atoms with Crippen LogP contribution in [0, 0.1) is 24.2 Å². The summed E-state index contributed by atoms with van der Waals surface area (Å²) in [6, 6.07) is 0. The molecule has 1 fully saturated rings. The smallest absolute Gasteiger partial charge is 0.00868 e. The van der Waals surface area contributed by atoms with Crippen molar-refractivity contribution in [2.45, 2.75) is 79.1 Å². The highest BCUT2D eigenvalue weighted by Crippen LogP contribution is 2.32. The molecular formula is C22H34. The fourth-order valence-corrected chi connectivity index (χ4v) is 3.41. The molecule has 0 bridgehead atoms. The minimum atomic E-state index is 0.941. The molecule has 0 radical (unpaired) electrons. The number of hydrogen-bond donors (Lipinski definition) is 0. The Morgan fingerprint density at radius 2 is 1.86 bits per heavy atom. The van der Waals surface area contributed by atoms with Gasteiger partial charge in [0.25, 0.3) is 0 Å². The fraction of sp³-hybridized carbons (Fsp3) is 0.636. The molecule has 1 aliphatic rings. The zero-order valence-corrected chi connectivity index (χ0v) is 15.1. The van der Waals surface area contributed by atoms with E-state index in [9.17, 15) is 0 Å². The molecule has 1 aliphatic carbocycles. The van der Waals surface area contributed by atoms with Crippen LogP contribution in [-0.2, 0) is 0 Å². The van der Waals surface area contributed by atoms with Crippen molar-refractivity contribution in [3.63, 3.8) is 0 Å². The number of terminal acetylenes is 1. The maximum Gasteiger partial charge on any atom is -0.00868 e. The van der Waals surface area contributed by atoms with Crippen molar-refractivity contribution in [1.82, 2.24) is 0 Å². The summed E-state index contributed by atoms with van der Waals surface area (Å²) < 4.78 is 0. The Labute approximate surface area is 138 Å². The summed E-state index contributed by atoms with van der Waals surface area (Å²) in [6.07, 6.45) is 22.5. The van der Waals surface area contributed by atoms with Crippen LogP contribution in [0.5, 0.6) is 0 Å². The Bertz CT molecular complexity index is 445. The van der Waals surface area contributed by atoms with Gasteiger partial charge in [-0.3, -0.25) is 0 Å². The molecule has 0 aromatic heterocycles. The van der Waals surface area contributed by atoms with Gasteiger partial charge in [-0.15, -0.1) is 6.42 Å². The predicted octanol–water partition coefficient (Wildman–Crippen LogP) is 6.85. The molecule has 0 aliphatic heterocycles. The molecule has 0 spiro atoms. The van der Waals surface area contributed by atoms with E-state index in [0.29, 0.717) is 0 Å². The maximum atomic E-state index is 5.46. The first-order chi connectivity index (χ1) is 10.6. The zero-order chi connectivity index (χ0) is 16.4. The molecule has 0 nitrogen and oxygen atoms in total. The largest absolute Gasteiger partial charge is 0.115 e. The van der Waals surface area contributed by atoms with Gasteiger partial charge in [-0.2, -0.15) is 0 Å². The minimum Gasteiger partial charge on any atom is -0.115 e. The van der Waals surface area contributed by atoms with Crippen molar-refractivity contribution in [1.29, 1.82) is 0 Å². The third-order valence-corrected chi connectivity index (χ3v) is 5.03. The molecule has 0 atom stereocenters. The average molecular weight is 299 g/mol. The first kappa shape index (κ1) is 18.8. The van der Waals surface area contributed by atoms with Crippen LogP contribution in [0.15, 0.2) is 34.9 Å². The van der Waals surface area contributed by atoms with Crippen molar-refractivity contribution in [3.05, 3.63) is 34.9 Å². The summed E-state index contributed by atoms with van der Waals surface area (Å²) in [5.74, 6) is 4.58. The van der Waals surface area contributed by atoms with Crippen LogP contribution in [0.2, 0.25) is 0 Å². The zero-order valence-electron chi connectivity index (χ0n) is 15.1. The van der Waals surface area contributed by atoms with E-state index in [2.05, 4.69) is 45.8 Å². The molecule has 0 unspecified atom stereocenters. The van der Waals surface area contributed by atoms with Gasteiger partial charge in [0.15, 0.2) is 0 Å². The number of allylic oxidation sites excluding steroid dienone is 6. The van der Waals surface area contributed by atoms with Gasteiger partial charge in [0, 0.05) is 0 Å². The van der Waals surface area contributed by atoms with E-state index in [1.165, 1.54) is 55.2 Å². The first-order valence-electron chi connectivity index (χ1n) is 9.09. The summed E-state index contributed by atoms with van der Waals surface area (Å²) in [5.41, 5.74) is 4.12. The van der Waals surface area contributed by atoms with E-state index in [-0.39, 0.29) is 0 Å². The van der Waals surface area contributed by atoms with Crippen LogP contribution in [0.3, 0.4) is 0 Å². The average Bonchev–Trinajstić information content (AvgIpc) is 2.52. The molecule has 0 saturated heterocycles. The van der Waals surface area contributed by atoms with Crippen molar-refractivity contribution >= 4 is 0 Å². The van der Waals surface area contributed by atoms with Crippen molar-refractivity contribution < 1.29 is 0 Å². The molecule has 0 N–H and O–H groups in total. The van der Waals surface area contributed by atoms with E-state index in [0.717, 1.165) is 24.7 Å². The highest BCUT2D eigenvalue weighted by molar-refractivity contribution is 5.38. The fourth-order valence-electron chi connectivity index (χ4n) is 3.41. The van der Waals surface area contributed by atoms with E-state index in [4.69, 9.17) is 6.42 Å². The van der Waals surface area contributed by atoms with Gasteiger partial charge in [-0.1, -0.05) is 69.6 Å². The van der Waals surface area contributed by atoms with Crippen molar-refractivity contribution in [2.75, 3.05) is 0 Å². The Kier molecular flexibility index (Phi) is 8.98. The van der Waals surface area contributed by atoms with Gasteiger partial charge in [0.1, 0.15) is 0 Å². The Hall–Kier alpha value is -1.22. The van der Waals surface area contributed by atoms with E-state index < -0.39 is 0 Å². The van der Waals surface area contributed by atoms with Crippen LogP contribution in [0.25, 0.3) is 0 Å². The molecule has 1 rings (SSSR count). The van der Waals surface area contributed by atoms with E-state index in [1.807, 2.05) is 6.08 Å². The number of hydrogen-bond acceptors (Lipinski definition) is 0. The molecule has 1 saturated carbocycles. The second-order valence-electron chi connectivity index (χ2n) is 6.94. The SMILES string of the molecule is C#CC=C(CCC)C(C)=CC(=CC)CCC1CCC(C)CC1. The molecule has 0 heteroatoms. The lowest BCUT2D eigenvalue weighted by molar-refractivity contribution is 0.278. The molecule has 0 heterocycles. The van der Waals surface area contributed by atoms with Gasteiger partial charge in [-0.05, 0) is 62.2 Å². The maximum absolute atomic E-state index is 5.46. The quantitative estimate of drug-likeness (QED) is 0.356. The van der Waals surface area contributed by atoms with Gasteiger partial charge in [0.05, 0.1) is 0 Å². The summed E-state index contributed by atoms with van der Waals surface area (Å²) in [6.45, 7) is 8.96. The minimum absolute atomic E-state index is 0.941. The normalized spacial score (nSPS) is 24.2. The lowest BCUT2D eigenvalue weighted by Gasteiger charge is -2.26. The second-order valence-corrected chi connectivity index (χ2v) is 6.94. The lowest BCUT2D eigenvalue weighted by Crippen LogP contribution is -2.12. The molecular weight excluding hydrogens is 264 g/mol. The summed E-state index contributed by atoms with van der Waals surface area (Å²) in [7, 11) is 0. The first-order valence-corrected chi connectivity index (χ1v) is 9.09. The van der Waals surface area contributed by atoms with E-state index >= 15 is 0 Å². The predicted molar refractivity (Wildman–Crippen MR) is 99.7 cm³/mol. The standard InChI is InChI=1S/C22H34/c1-6-9-22(10-7-2)19(5)17-20(8-3)15-16-21-13-11-18(4)12-14-21/h1,8-9,17-18,21H,7,10-16H2,2-5H3. The van der Waals surface area contributed by atoms with Gasteiger partial charge in [0.2, 0.25) is 0 Å². The van der Waals surface area contributed by atoms with Crippen molar-refractivity contribution in [2.24, 2.45) is 11.8 Å². The monoisotopic (exact) mass is 298 g/mol. The number of rotatable bonds is 7. The highest BCUT2D eigenvalue weighted by Gasteiger charge is 2.17. The third kappa shape index (κ3) is 6.69. The Morgan fingerprint density at radius 1 is 1.18 bits per heavy atom.